The molecule has 2 heterocycles. The summed E-state index contributed by atoms with van der Waals surface area (Å²) in [5.74, 6) is -1.15. The highest BCUT2D eigenvalue weighted by atomic mass is 35.5. The number of pyridine rings is 1. The smallest absolute Gasteiger partial charge is 0.338 e. The van der Waals surface area contributed by atoms with Crippen molar-refractivity contribution >= 4 is 40.8 Å². The van der Waals surface area contributed by atoms with Crippen molar-refractivity contribution < 1.29 is 19.1 Å². The number of benzene rings is 1. The SMILES string of the molecule is O=C(COC(=O)c1cccc(N2CCCC2=O)c1)Nc1cccnc1Cl. The maximum absolute atomic E-state index is 12.2. The Morgan fingerprint density at radius 3 is 2.85 bits per heavy atom. The topological polar surface area (TPSA) is 88.6 Å². The third-order valence-electron chi connectivity index (χ3n) is 3.83. The van der Waals surface area contributed by atoms with E-state index in [1.54, 1.807) is 41.3 Å². The molecule has 2 aromatic rings. The minimum Gasteiger partial charge on any atom is -0.452 e. The van der Waals surface area contributed by atoms with E-state index < -0.39 is 18.5 Å². The molecule has 3 rings (SSSR count). The first kappa shape index (κ1) is 17.9. The van der Waals surface area contributed by atoms with Crippen molar-refractivity contribution in [3.63, 3.8) is 0 Å². The molecule has 7 nitrogen and oxygen atoms in total. The standard InChI is InChI=1S/C18H16ClN3O4/c19-17-14(6-2-8-20-17)21-15(23)11-26-18(25)12-4-1-5-13(10-12)22-9-3-7-16(22)24/h1-2,4-6,8,10H,3,7,9,11H2,(H,21,23). The number of nitrogens with one attached hydrogen (secondary N) is 1. The van der Waals surface area contributed by atoms with Gasteiger partial charge in [0.1, 0.15) is 0 Å². The van der Waals surface area contributed by atoms with Gasteiger partial charge < -0.3 is 15.0 Å². The summed E-state index contributed by atoms with van der Waals surface area (Å²) in [5.41, 5.74) is 1.26. The number of esters is 1. The lowest BCUT2D eigenvalue weighted by molar-refractivity contribution is -0.119. The van der Waals surface area contributed by atoms with Gasteiger partial charge in [-0.3, -0.25) is 9.59 Å². The number of carbonyl (C=O) groups is 3. The van der Waals surface area contributed by atoms with Crippen LogP contribution in [0, 0.1) is 0 Å². The average molecular weight is 374 g/mol. The van der Waals surface area contributed by atoms with E-state index in [9.17, 15) is 14.4 Å². The van der Waals surface area contributed by atoms with Crippen LogP contribution in [0.2, 0.25) is 5.15 Å². The third-order valence-corrected chi connectivity index (χ3v) is 4.14. The van der Waals surface area contributed by atoms with Crippen LogP contribution in [0.25, 0.3) is 0 Å². The molecule has 0 atom stereocenters. The van der Waals surface area contributed by atoms with Crippen LogP contribution in [-0.4, -0.2) is 35.9 Å². The lowest BCUT2D eigenvalue weighted by Gasteiger charge is -2.16. The molecule has 8 heteroatoms. The van der Waals surface area contributed by atoms with Gasteiger partial charge in [0.25, 0.3) is 5.91 Å². The molecule has 0 aliphatic carbocycles. The van der Waals surface area contributed by atoms with Crippen LogP contribution in [0.1, 0.15) is 23.2 Å². The predicted molar refractivity (Wildman–Crippen MR) is 96.2 cm³/mol. The van der Waals surface area contributed by atoms with Gasteiger partial charge in [-0.05, 0) is 36.8 Å². The van der Waals surface area contributed by atoms with E-state index in [2.05, 4.69) is 10.3 Å². The third kappa shape index (κ3) is 4.18. The molecular formula is C18H16ClN3O4. The van der Waals surface area contributed by atoms with Gasteiger partial charge in [0, 0.05) is 24.8 Å². The van der Waals surface area contributed by atoms with Crippen LogP contribution in [0.5, 0.6) is 0 Å². The van der Waals surface area contributed by atoms with E-state index in [0.717, 1.165) is 6.42 Å². The van der Waals surface area contributed by atoms with Gasteiger partial charge in [0.15, 0.2) is 11.8 Å². The Hall–Kier alpha value is -2.93. The number of aromatic nitrogens is 1. The van der Waals surface area contributed by atoms with Crippen LogP contribution < -0.4 is 10.2 Å². The molecule has 0 saturated carbocycles. The summed E-state index contributed by atoms with van der Waals surface area (Å²) in [7, 11) is 0. The fourth-order valence-electron chi connectivity index (χ4n) is 2.60. The first-order chi connectivity index (χ1) is 12.5. The number of hydrogen-bond acceptors (Lipinski definition) is 5. The lowest BCUT2D eigenvalue weighted by Crippen LogP contribution is -2.24. The fourth-order valence-corrected chi connectivity index (χ4v) is 2.77. The van der Waals surface area contributed by atoms with Crippen molar-refractivity contribution in [1.29, 1.82) is 0 Å². The van der Waals surface area contributed by atoms with Gasteiger partial charge in [-0.25, -0.2) is 9.78 Å². The Kier molecular flexibility index (Phi) is 5.48. The number of hydrogen-bond donors (Lipinski definition) is 1. The van der Waals surface area contributed by atoms with E-state index in [-0.39, 0.29) is 16.6 Å². The first-order valence-electron chi connectivity index (χ1n) is 8.02. The van der Waals surface area contributed by atoms with Gasteiger partial charge in [-0.1, -0.05) is 17.7 Å². The zero-order valence-electron chi connectivity index (χ0n) is 13.8. The molecule has 0 radical (unpaired) electrons. The van der Waals surface area contributed by atoms with Crippen LogP contribution in [-0.2, 0) is 14.3 Å². The molecule has 1 aliphatic rings. The van der Waals surface area contributed by atoms with Crippen LogP contribution in [0.4, 0.5) is 11.4 Å². The highest BCUT2D eigenvalue weighted by Gasteiger charge is 2.22. The van der Waals surface area contributed by atoms with Crippen LogP contribution >= 0.6 is 11.6 Å². The summed E-state index contributed by atoms with van der Waals surface area (Å²) >= 11 is 5.85. The molecule has 0 spiro atoms. The predicted octanol–water partition coefficient (Wildman–Crippen LogP) is 2.66. The molecule has 134 valence electrons. The molecule has 1 aromatic heterocycles. The van der Waals surface area contributed by atoms with E-state index in [1.807, 2.05) is 0 Å². The van der Waals surface area contributed by atoms with Crippen molar-refractivity contribution in [2.75, 3.05) is 23.4 Å². The van der Waals surface area contributed by atoms with E-state index in [1.165, 1.54) is 6.20 Å². The van der Waals surface area contributed by atoms with Crippen molar-refractivity contribution in [2.24, 2.45) is 0 Å². The summed E-state index contributed by atoms with van der Waals surface area (Å²) in [6.45, 7) is 0.169. The summed E-state index contributed by atoms with van der Waals surface area (Å²) in [4.78, 5) is 41.3. The molecule has 1 aromatic carbocycles. The lowest BCUT2D eigenvalue weighted by atomic mass is 10.2. The van der Waals surface area contributed by atoms with E-state index >= 15 is 0 Å². The first-order valence-corrected chi connectivity index (χ1v) is 8.40. The highest BCUT2D eigenvalue weighted by molar-refractivity contribution is 6.32. The maximum atomic E-state index is 12.2. The zero-order chi connectivity index (χ0) is 18.5. The molecule has 1 N–H and O–H groups in total. The normalized spacial score (nSPS) is 13.6. The summed E-state index contributed by atoms with van der Waals surface area (Å²) in [6, 6.07) is 9.80. The summed E-state index contributed by atoms with van der Waals surface area (Å²) in [5, 5.41) is 2.66. The quantitative estimate of drug-likeness (QED) is 0.643. The highest BCUT2D eigenvalue weighted by Crippen LogP contribution is 2.22. The monoisotopic (exact) mass is 373 g/mol. The number of amides is 2. The van der Waals surface area contributed by atoms with Crippen molar-refractivity contribution in [1.82, 2.24) is 4.98 Å². The summed E-state index contributed by atoms with van der Waals surface area (Å²) < 4.78 is 5.03. The number of ether oxygens (including phenoxy) is 1. The number of anilines is 2. The largest absolute Gasteiger partial charge is 0.452 e. The Bertz CT molecular complexity index is 856. The Balaban J connectivity index is 1.59. The Morgan fingerprint density at radius 2 is 2.12 bits per heavy atom. The number of halogens is 1. The molecule has 2 amide bonds. The van der Waals surface area contributed by atoms with Gasteiger partial charge in [0.2, 0.25) is 5.91 Å². The number of rotatable bonds is 5. The second-order valence-electron chi connectivity index (χ2n) is 5.67. The molecule has 1 saturated heterocycles. The number of carbonyl (C=O) groups excluding carboxylic acids is 3. The number of nitrogens with zero attached hydrogens (tertiary/aromatic N) is 2. The van der Waals surface area contributed by atoms with Gasteiger partial charge in [-0.2, -0.15) is 0 Å². The molecular weight excluding hydrogens is 358 g/mol. The van der Waals surface area contributed by atoms with Crippen LogP contribution in [0.3, 0.4) is 0 Å². The van der Waals surface area contributed by atoms with Gasteiger partial charge in [0.05, 0.1) is 11.3 Å². The second kappa shape index (κ2) is 7.97. The van der Waals surface area contributed by atoms with E-state index in [0.29, 0.717) is 24.3 Å². The average Bonchev–Trinajstić information content (AvgIpc) is 3.08. The van der Waals surface area contributed by atoms with Crippen LogP contribution in [0.15, 0.2) is 42.6 Å². The second-order valence-corrected chi connectivity index (χ2v) is 6.02. The minimum absolute atomic E-state index is 0.0308. The Morgan fingerprint density at radius 1 is 1.27 bits per heavy atom. The van der Waals surface area contributed by atoms with Crippen molar-refractivity contribution in [3.05, 3.63) is 53.3 Å². The molecule has 1 fully saturated rings. The zero-order valence-corrected chi connectivity index (χ0v) is 14.5. The molecule has 0 bridgehead atoms. The van der Waals surface area contributed by atoms with Crippen molar-refractivity contribution in [2.45, 2.75) is 12.8 Å². The molecule has 0 unspecified atom stereocenters. The van der Waals surface area contributed by atoms with E-state index in [4.69, 9.17) is 16.3 Å². The fraction of sp³-hybridized carbons (Fsp3) is 0.222. The van der Waals surface area contributed by atoms with Gasteiger partial charge in [-0.15, -0.1) is 0 Å². The summed E-state index contributed by atoms with van der Waals surface area (Å²) in [6.07, 6.45) is 2.80. The maximum Gasteiger partial charge on any atom is 0.338 e. The van der Waals surface area contributed by atoms with Gasteiger partial charge >= 0.3 is 5.97 Å². The minimum atomic E-state index is -0.647. The van der Waals surface area contributed by atoms with Crippen molar-refractivity contribution in [3.8, 4) is 0 Å². The molecule has 26 heavy (non-hydrogen) atoms. The molecule has 1 aliphatic heterocycles. The Labute approximate surface area is 154 Å².